The topological polar surface area (TPSA) is 112 Å². The van der Waals surface area contributed by atoms with Gasteiger partial charge in [0.1, 0.15) is 17.6 Å². The van der Waals surface area contributed by atoms with Crippen molar-refractivity contribution in [3.8, 4) is 23.1 Å². The summed E-state index contributed by atoms with van der Waals surface area (Å²) in [4.78, 5) is 8.13. The highest BCUT2D eigenvalue weighted by atomic mass is 16.5. The first-order valence-corrected chi connectivity index (χ1v) is 9.20. The van der Waals surface area contributed by atoms with Gasteiger partial charge in [-0.1, -0.05) is 6.07 Å². The molecule has 1 atom stereocenters. The molecule has 0 spiro atoms. The third-order valence-corrected chi connectivity index (χ3v) is 4.80. The first-order valence-electron chi connectivity index (χ1n) is 9.20. The van der Waals surface area contributed by atoms with Crippen LogP contribution in [0, 0.1) is 11.3 Å². The predicted octanol–water partition coefficient (Wildman–Crippen LogP) is 2.79. The van der Waals surface area contributed by atoms with Crippen molar-refractivity contribution in [3.05, 3.63) is 47.9 Å². The lowest BCUT2D eigenvalue weighted by atomic mass is 10.0. The van der Waals surface area contributed by atoms with Gasteiger partial charge in [0.15, 0.2) is 11.5 Å². The molecule has 8 nitrogen and oxygen atoms in total. The van der Waals surface area contributed by atoms with E-state index in [0.29, 0.717) is 17.7 Å². The molecule has 0 bridgehead atoms. The molecule has 0 aliphatic carbocycles. The lowest BCUT2D eigenvalue weighted by molar-refractivity contribution is 0.415. The molecular weight excluding hydrogens is 354 g/mol. The number of H-pyrrole nitrogens is 1. The second-order valence-corrected chi connectivity index (χ2v) is 6.72. The van der Waals surface area contributed by atoms with Crippen molar-refractivity contribution in [3.63, 3.8) is 0 Å². The largest absolute Gasteiger partial charge is 0.496 e. The van der Waals surface area contributed by atoms with Crippen LogP contribution in [0.3, 0.4) is 0 Å². The van der Waals surface area contributed by atoms with Crippen molar-refractivity contribution in [1.29, 1.82) is 5.26 Å². The van der Waals surface area contributed by atoms with Crippen LogP contribution in [-0.4, -0.2) is 39.9 Å². The van der Waals surface area contributed by atoms with E-state index in [-0.39, 0.29) is 5.69 Å². The zero-order valence-corrected chi connectivity index (χ0v) is 15.6. The Bertz CT molecular complexity index is 985. The number of methoxy groups -OCH3 is 1. The van der Waals surface area contributed by atoms with Gasteiger partial charge < -0.3 is 15.4 Å². The van der Waals surface area contributed by atoms with Crippen molar-refractivity contribution in [2.75, 3.05) is 19.0 Å². The number of nitrogens with one attached hydrogen (secondary N) is 3. The van der Waals surface area contributed by atoms with Gasteiger partial charge in [-0.15, -0.1) is 0 Å². The molecule has 0 saturated carbocycles. The average molecular weight is 375 g/mol. The lowest BCUT2D eigenvalue weighted by Crippen LogP contribution is -2.23. The second-order valence-electron chi connectivity index (χ2n) is 6.72. The predicted molar refractivity (Wildman–Crippen MR) is 105 cm³/mol. The average Bonchev–Trinajstić information content (AvgIpc) is 3.41. The molecule has 1 aliphatic rings. The Morgan fingerprint density at radius 3 is 2.89 bits per heavy atom. The van der Waals surface area contributed by atoms with E-state index in [1.165, 1.54) is 30.8 Å². The van der Waals surface area contributed by atoms with Gasteiger partial charge in [-0.2, -0.15) is 10.4 Å². The molecule has 1 fully saturated rings. The SMILES string of the molecule is COc1cc(C[C@H]2CCCN2)ccc1-c1cc(Nc2cnc(C#N)cn2)n[nH]1. The van der Waals surface area contributed by atoms with E-state index in [0.717, 1.165) is 30.0 Å². The van der Waals surface area contributed by atoms with Gasteiger partial charge in [-0.3, -0.25) is 5.10 Å². The molecule has 8 heteroatoms. The van der Waals surface area contributed by atoms with E-state index < -0.39 is 0 Å². The van der Waals surface area contributed by atoms with E-state index in [2.05, 4.69) is 49.0 Å². The number of hydrogen-bond donors (Lipinski definition) is 3. The number of hydrogen-bond acceptors (Lipinski definition) is 7. The van der Waals surface area contributed by atoms with Gasteiger partial charge in [0.05, 0.1) is 25.2 Å². The minimum Gasteiger partial charge on any atom is -0.496 e. The minimum absolute atomic E-state index is 0.269. The van der Waals surface area contributed by atoms with Gasteiger partial charge in [0, 0.05) is 17.7 Å². The standard InChI is InChI=1S/C20H21N7O/c1-28-18-8-13(7-14-3-2-6-22-14)4-5-16(18)17-9-19(27-26-17)25-20-12-23-15(10-21)11-24-20/h4-5,8-9,11-12,14,22H,2-3,6-7H2,1H3,(H2,24,25,26,27)/t14-/m1/s1. The number of nitriles is 1. The smallest absolute Gasteiger partial charge is 0.158 e. The molecular formula is C20H21N7O. The summed E-state index contributed by atoms with van der Waals surface area (Å²) in [6.45, 7) is 1.10. The zero-order chi connectivity index (χ0) is 19.3. The fraction of sp³-hybridized carbons (Fsp3) is 0.300. The summed E-state index contributed by atoms with van der Waals surface area (Å²) in [5.74, 6) is 1.93. The molecule has 0 amide bonds. The summed E-state index contributed by atoms with van der Waals surface area (Å²) < 4.78 is 5.62. The fourth-order valence-electron chi connectivity index (χ4n) is 3.41. The van der Waals surface area contributed by atoms with Gasteiger partial charge >= 0.3 is 0 Å². The van der Waals surface area contributed by atoms with Crippen LogP contribution in [0.15, 0.2) is 36.7 Å². The Kier molecular flexibility index (Phi) is 5.17. The third kappa shape index (κ3) is 3.94. The normalized spacial score (nSPS) is 15.9. The van der Waals surface area contributed by atoms with Crippen LogP contribution in [0.25, 0.3) is 11.3 Å². The third-order valence-electron chi connectivity index (χ3n) is 4.80. The molecule has 4 rings (SSSR count). The van der Waals surface area contributed by atoms with Crippen molar-refractivity contribution in [1.82, 2.24) is 25.5 Å². The highest BCUT2D eigenvalue weighted by molar-refractivity contribution is 5.71. The highest BCUT2D eigenvalue weighted by Crippen LogP contribution is 2.31. The Hall–Kier alpha value is -3.44. The number of anilines is 2. The van der Waals surface area contributed by atoms with Crippen LogP contribution in [0.5, 0.6) is 5.75 Å². The van der Waals surface area contributed by atoms with Crippen molar-refractivity contribution in [2.24, 2.45) is 0 Å². The van der Waals surface area contributed by atoms with Crippen LogP contribution in [-0.2, 0) is 6.42 Å². The molecule has 2 aromatic heterocycles. The van der Waals surface area contributed by atoms with Crippen molar-refractivity contribution >= 4 is 11.6 Å². The summed E-state index contributed by atoms with van der Waals surface area (Å²) in [7, 11) is 1.68. The van der Waals surface area contributed by atoms with Gasteiger partial charge in [-0.05, 0) is 43.5 Å². The number of nitrogens with zero attached hydrogens (tertiary/aromatic N) is 4. The van der Waals surface area contributed by atoms with Gasteiger partial charge in [0.2, 0.25) is 0 Å². The number of aromatic nitrogens is 4. The Labute approximate surface area is 163 Å². The Balaban J connectivity index is 1.51. The van der Waals surface area contributed by atoms with E-state index >= 15 is 0 Å². The lowest BCUT2D eigenvalue weighted by Gasteiger charge is -2.13. The van der Waals surface area contributed by atoms with E-state index in [4.69, 9.17) is 10.00 Å². The first-order chi connectivity index (χ1) is 13.7. The second kappa shape index (κ2) is 8.06. The van der Waals surface area contributed by atoms with E-state index in [1.807, 2.05) is 12.1 Å². The molecule has 3 N–H and O–H groups in total. The van der Waals surface area contributed by atoms with Gasteiger partial charge in [-0.25, -0.2) is 9.97 Å². The summed E-state index contributed by atoms with van der Waals surface area (Å²) in [5, 5.41) is 22.7. The van der Waals surface area contributed by atoms with Crippen LogP contribution in [0.1, 0.15) is 24.1 Å². The maximum absolute atomic E-state index is 8.79. The first kappa shape index (κ1) is 17.9. The molecule has 142 valence electrons. The number of aromatic amines is 1. The van der Waals surface area contributed by atoms with Crippen molar-refractivity contribution in [2.45, 2.75) is 25.3 Å². The van der Waals surface area contributed by atoms with E-state index in [1.54, 1.807) is 7.11 Å². The fourth-order valence-corrected chi connectivity index (χ4v) is 3.41. The molecule has 28 heavy (non-hydrogen) atoms. The molecule has 1 saturated heterocycles. The highest BCUT2D eigenvalue weighted by Gasteiger charge is 2.16. The van der Waals surface area contributed by atoms with Crippen molar-refractivity contribution < 1.29 is 4.74 Å². The maximum Gasteiger partial charge on any atom is 0.158 e. The maximum atomic E-state index is 8.79. The van der Waals surface area contributed by atoms with Crippen LogP contribution in [0.4, 0.5) is 11.6 Å². The Morgan fingerprint density at radius 2 is 2.18 bits per heavy atom. The molecule has 1 aromatic carbocycles. The summed E-state index contributed by atoms with van der Waals surface area (Å²) >= 11 is 0. The number of rotatable bonds is 6. The molecule has 3 aromatic rings. The molecule has 1 aliphatic heterocycles. The number of benzene rings is 1. The molecule has 0 unspecified atom stereocenters. The zero-order valence-electron chi connectivity index (χ0n) is 15.6. The Morgan fingerprint density at radius 1 is 1.25 bits per heavy atom. The van der Waals surface area contributed by atoms with Crippen LogP contribution < -0.4 is 15.4 Å². The molecule has 0 radical (unpaired) electrons. The van der Waals surface area contributed by atoms with E-state index in [9.17, 15) is 0 Å². The number of ether oxygens (including phenoxy) is 1. The molecule has 3 heterocycles. The summed E-state index contributed by atoms with van der Waals surface area (Å²) in [6.07, 6.45) is 6.38. The minimum atomic E-state index is 0.269. The summed E-state index contributed by atoms with van der Waals surface area (Å²) in [5.41, 5.74) is 3.31. The summed E-state index contributed by atoms with van der Waals surface area (Å²) in [6, 6.07) is 10.7. The monoisotopic (exact) mass is 375 g/mol. The van der Waals surface area contributed by atoms with Crippen LogP contribution >= 0.6 is 0 Å². The quantitative estimate of drug-likeness (QED) is 0.607. The van der Waals surface area contributed by atoms with Gasteiger partial charge in [0.25, 0.3) is 0 Å². The van der Waals surface area contributed by atoms with Crippen LogP contribution in [0.2, 0.25) is 0 Å².